The van der Waals surface area contributed by atoms with Crippen LogP contribution in [0.2, 0.25) is 0 Å². The molecule has 1 unspecified atom stereocenters. The third-order valence-corrected chi connectivity index (χ3v) is 3.38. The van der Waals surface area contributed by atoms with Gasteiger partial charge in [0.05, 0.1) is 6.42 Å². The van der Waals surface area contributed by atoms with Crippen molar-refractivity contribution >= 4 is 22.8 Å². The van der Waals surface area contributed by atoms with Crippen LogP contribution >= 0.6 is 0 Å². The van der Waals surface area contributed by atoms with Crippen LogP contribution in [-0.2, 0) is 16.0 Å². The summed E-state index contributed by atoms with van der Waals surface area (Å²) in [7, 11) is 0. The molecule has 2 rings (SSSR count). The highest BCUT2D eigenvalue weighted by Crippen LogP contribution is 2.22. The lowest BCUT2D eigenvalue weighted by Gasteiger charge is -2.13. The first-order valence-electron chi connectivity index (χ1n) is 7.18. The van der Waals surface area contributed by atoms with Crippen molar-refractivity contribution in [3.8, 4) is 5.75 Å². The molecule has 0 fully saturated rings. The third kappa shape index (κ3) is 4.09. The summed E-state index contributed by atoms with van der Waals surface area (Å²) >= 11 is 0. The smallest absolute Gasteiger partial charge is 0.336 e. The number of aromatic hydroxyl groups is 1. The van der Waals surface area contributed by atoms with Crippen molar-refractivity contribution in [2.75, 3.05) is 0 Å². The van der Waals surface area contributed by atoms with Crippen LogP contribution in [0.3, 0.4) is 0 Å². The number of rotatable bonds is 6. The van der Waals surface area contributed by atoms with Gasteiger partial charge in [-0.25, -0.2) is 9.59 Å². The number of amides is 1. The quantitative estimate of drug-likeness (QED) is 0.693. The van der Waals surface area contributed by atoms with Gasteiger partial charge in [-0.05, 0) is 24.1 Å². The van der Waals surface area contributed by atoms with Gasteiger partial charge in [-0.2, -0.15) is 0 Å². The molecular formula is C16H17NO6. The average molecular weight is 319 g/mol. The van der Waals surface area contributed by atoms with Crippen LogP contribution in [0.1, 0.15) is 25.3 Å². The van der Waals surface area contributed by atoms with Gasteiger partial charge in [-0.3, -0.25) is 4.79 Å². The molecule has 0 spiro atoms. The lowest BCUT2D eigenvalue weighted by Crippen LogP contribution is -2.41. The Kier molecular flexibility index (Phi) is 5.00. The van der Waals surface area contributed by atoms with Crippen LogP contribution < -0.4 is 10.9 Å². The van der Waals surface area contributed by atoms with Crippen LogP contribution in [0, 0.1) is 0 Å². The van der Waals surface area contributed by atoms with Gasteiger partial charge in [0, 0.05) is 17.5 Å². The lowest BCUT2D eigenvalue weighted by atomic mass is 10.1. The number of hydrogen-bond donors (Lipinski definition) is 3. The largest absolute Gasteiger partial charge is 0.508 e. The summed E-state index contributed by atoms with van der Waals surface area (Å²) in [5.41, 5.74) is -0.0627. The summed E-state index contributed by atoms with van der Waals surface area (Å²) in [6.07, 6.45) is 0.793. The van der Waals surface area contributed by atoms with Gasteiger partial charge in [0.2, 0.25) is 5.91 Å². The highest BCUT2D eigenvalue weighted by Gasteiger charge is 2.19. The molecule has 0 aliphatic carbocycles. The Morgan fingerprint density at radius 3 is 2.70 bits per heavy atom. The minimum Gasteiger partial charge on any atom is -0.508 e. The van der Waals surface area contributed by atoms with E-state index in [9.17, 15) is 19.5 Å². The maximum atomic E-state index is 12.1. The Hall–Kier alpha value is -2.83. The van der Waals surface area contributed by atoms with E-state index in [4.69, 9.17) is 9.52 Å². The third-order valence-electron chi connectivity index (χ3n) is 3.38. The van der Waals surface area contributed by atoms with E-state index in [1.807, 2.05) is 6.92 Å². The molecule has 1 aromatic carbocycles. The number of aliphatic carboxylic acids is 1. The van der Waals surface area contributed by atoms with Gasteiger partial charge in [0.15, 0.2) is 0 Å². The van der Waals surface area contributed by atoms with Gasteiger partial charge in [0.1, 0.15) is 17.4 Å². The normalized spacial score (nSPS) is 12.0. The van der Waals surface area contributed by atoms with Crippen LogP contribution in [0.25, 0.3) is 11.0 Å². The second kappa shape index (κ2) is 6.95. The second-order valence-corrected chi connectivity index (χ2v) is 5.19. The maximum absolute atomic E-state index is 12.1. The number of carboxylic acids is 1. The zero-order valence-electron chi connectivity index (χ0n) is 12.5. The van der Waals surface area contributed by atoms with Gasteiger partial charge >= 0.3 is 11.6 Å². The number of benzene rings is 1. The number of nitrogens with one attached hydrogen (secondary N) is 1. The first-order chi connectivity index (χ1) is 10.9. The highest BCUT2D eigenvalue weighted by atomic mass is 16.4. The predicted octanol–water partition coefficient (Wildman–Crippen LogP) is 1.41. The number of fused-ring (bicyclic) bond motifs is 1. The van der Waals surface area contributed by atoms with Crippen molar-refractivity contribution in [2.24, 2.45) is 0 Å². The summed E-state index contributed by atoms with van der Waals surface area (Å²) < 4.78 is 4.98. The molecule has 7 nitrogen and oxygen atoms in total. The van der Waals surface area contributed by atoms with Crippen LogP contribution in [-0.4, -0.2) is 28.1 Å². The van der Waals surface area contributed by atoms with Crippen molar-refractivity contribution in [1.29, 1.82) is 0 Å². The Bertz CT molecular complexity index is 795. The maximum Gasteiger partial charge on any atom is 0.336 e. The van der Waals surface area contributed by atoms with Gasteiger partial charge in [0.25, 0.3) is 0 Å². The standard InChI is InChI=1S/C16H17NO6/c1-2-3-12(16(21)22)17-14(19)6-9-7-15(20)23-13-8-10(18)4-5-11(9)13/h4-5,7-8,12,18H,2-3,6H2,1H3,(H,17,19)(H,21,22). The highest BCUT2D eigenvalue weighted by molar-refractivity contribution is 5.89. The Morgan fingerprint density at radius 1 is 1.30 bits per heavy atom. The fourth-order valence-corrected chi connectivity index (χ4v) is 2.33. The zero-order chi connectivity index (χ0) is 17.0. The summed E-state index contributed by atoms with van der Waals surface area (Å²) in [5, 5.41) is 21.4. The molecule has 1 amide bonds. The molecule has 0 saturated carbocycles. The minimum absolute atomic E-state index is 0.0591. The lowest BCUT2D eigenvalue weighted by molar-refractivity contribution is -0.141. The fourth-order valence-electron chi connectivity index (χ4n) is 2.33. The summed E-state index contributed by atoms with van der Waals surface area (Å²) in [5.74, 6) is -1.65. The van der Waals surface area contributed by atoms with Gasteiger partial charge in [-0.1, -0.05) is 13.3 Å². The predicted molar refractivity (Wildman–Crippen MR) is 82.3 cm³/mol. The summed E-state index contributed by atoms with van der Waals surface area (Å²) in [6.45, 7) is 1.82. The number of carboxylic acid groups (broad SMARTS) is 1. The van der Waals surface area contributed by atoms with Crippen molar-refractivity contribution in [3.05, 3.63) is 40.2 Å². The number of phenols is 1. The number of phenolic OH excluding ortho intramolecular Hbond substituents is 1. The molecule has 0 saturated heterocycles. The number of carbonyl (C=O) groups excluding carboxylic acids is 1. The van der Waals surface area contributed by atoms with Gasteiger partial charge in [-0.15, -0.1) is 0 Å². The Balaban J connectivity index is 2.25. The van der Waals surface area contributed by atoms with Crippen molar-refractivity contribution < 1.29 is 24.2 Å². The van der Waals surface area contributed by atoms with E-state index in [-0.39, 0.29) is 17.8 Å². The molecule has 0 aliphatic heterocycles. The van der Waals surface area contributed by atoms with Crippen LogP contribution in [0.4, 0.5) is 0 Å². The molecule has 0 bridgehead atoms. The van der Waals surface area contributed by atoms with Gasteiger partial charge < -0.3 is 19.9 Å². The van der Waals surface area contributed by atoms with Crippen LogP contribution in [0.5, 0.6) is 5.75 Å². The van der Waals surface area contributed by atoms with E-state index in [0.717, 1.165) is 0 Å². The molecule has 1 heterocycles. The minimum atomic E-state index is -1.09. The van der Waals surface area contributed by atoms with Crippen molar-refractivity contribution in [2.45, 2.75) is 32.2 Å². The SMILES string of the molecule is CCCC(NC(=O)Cc1cc(=O)oc2cc(O)ccc12)C(=O)O. The molecule has 1 atom stereocenters. The van der Waals surface area contributed by atoms with Crippen molar-refractivity contribution in [1.82, 2.24) is 5.32 Å². The summed E-state index contributed by atoms with van der Waals surface area (Å²) in [4.78, 5) is 34.7. The fraction of sp³-hybridized carbons (Fsp3) is 0.312. The Morgan fingerprint density at radius 2 is 2.04 bits per heavy atom. The molecule has 2 aromatic rings. The molecule has 1 aromatic heterocycles. The monoisotopic (exact) mass is 319 g/mol. The average Bonchev–Trinajstić information content (AvgIpc) is 2.45. The van der Waals surface area contributed by atoms with E-state index in [1.165, 1.54) is 24.3 Å². The van der Waals surface area contributed by atoms with Crippen LogP contribution in [0.15, 0.2) is 33.5 Å². The zero-order valence-corrected chi connectivity index (χ0v) is 12.5. The number of hydrogen-bond acceptors (Lipinski definition) is 5. The summed E-state index contributed by atoms with van der Waals surface area (Å²) in [6, 6.07) is 4.48. The van der Waals surface area contributed by atoms with E-state index in [0.29, 0.717) is 23.8 Å². The van der Waals surface area contributed by atoms with E-state index >= 15 is 0 Å². The molecule has 7 heteroatoms. The molecular weight excluding hydrogens is 302 g/mol. The van der Waals surface area contributed by atoms with E-state index in [1.54, 1.807) is 0 Å². The molecule has 3 N–H and O–H groups in total. The van der Waals surface area contributed by atoms with E-state index < -0.39 is 23.5 Å². The molecule has 122 valence electrons. The first kappa shape index (κ1) is 16.5. The molecule has 0 aliphatic rings. The topological polar surface area (TPSA) is 117 Å². The van der Waals surface area contributed by atoms with E-state index in [2.05, 4.69) is 5.32 Å². The Labute approximate surface area is 131 Å². The second-order valence-electron chi connectivity index (χ2n) is 5.19. The first-order valence-corrected chi connectivity index (χ1v) is 7.18. The molecule has 23 heavy (non-hydrogen) atoms. The molecule has 0 radical (unpaired) electrons. The van der Waals surface area contributed by atoms with Crippen molar-refractivity contribution in [3.63, 3.8) is 0 Å². The number of carbonyl (C=O) groups is 2.